The van der Waals surface area contributed by atoms with Gasteiger partial charge >= 0.3 is 12.6 Å². The van der Waals surface area contributed by atoms with Crippen LogP contribution in [0.4, 0.5) is 14.5 Å². The van der Waals surface area contributed by atoms with Crippen molar-refractivity contribution in [2.45, 2.75) is 6.61 Å². The van der Waals surface area contributed by atoms with Crippen LogP contribution in [-0.4, -0.2) is 23.3 Å². The lowest BCUT2D eigenvalue weighted by Gasteiger charge is -2.03. The molecule has 8 nitrogen and oxygen atoms in total. The highest BCUT2D eigenvalue weighted by atomic mass is 19.3. The SMILES string of the molecule is N/C(=N\OC(=O)/C=C\c1ccc(OC(F)F)cc1)c1ccc([N+](=O)[O-])cc1. The van der Waals surface area contributed by atoms with Gasteiger partial charge in [0.25, 0.3) is 5.69 Å². The standard InChI is InChI=1S/C17H13F2N3O5/c18-17(19)26-14-8-1-11(2-9-14)3-10-15(23)27-21-16(20)12-4-6-13(7-5-12)22(24)25/h1-10,17H,(H2,20,21)/b10-3-. The van der Waals surface area contributed by atoms with E-state index in [1.807, 2.05) is 0 Å². The summed E-state index contributed by atoms with van der Waals surface area (Å²) in [4.78, 5) is 26.3. The molecule has 0 spiro atoms. The number of ether oxygens (including phenoxy) is 1. The smallest absolute Gasteiger partial charge is 0.387 e. The number of nitro groups is 1. The Balaban J connectivity index is 1.93. The van der Waals surface area contributed by atoms with Crippen LogP contribution in [0.25, 0.3) is 6.08 Å². The zero-order valence-electron chi connectivity index (χ0n) is 13.6. The number of non-ortho nitro benzene ring substituents is 1. The lowest BCUT2D eigenvalue weighted by atomic mass is 10.2. The largest absolute Gasteiger partial charge is 0.435 e. The number of oxime groups is 1. The van der Waals surface area contributed by atoms with Crippen molar-refractivity contribution >= 4 is 23.6 Å². The second-order valence-corrected chi connectivity index (χ2v) is 4.97. The first-order valence-electron chi connectivity index (χ1n) is 7.37. The van der Waals surface area contributed by atoms with Crippen molar-refractivity contribution in [2.24, 2.45) is 10.9 Å². The van der Waals surface area contributed by atoms with E-state index >= 15 is 0 Å². The summed E-state index contributed by atoms with van der Waals surface area (Å²) >= 11 is 0. The van der Waals surface area contributed by atoms with Gasteiger partial charge < -0.3 is 15.3 Å². The van der Waals surface area contributed by atoms with Gasteiger partial charge in [-0.1, -0.05) is 17.3 Å². The third-order valence-electron chi connectivity index (χ3n) is 3.12. The van der Waals surface area contributed by atoms with E-state index in [1.54, 1.807) is 0 Å². The predicted octanol–water partition coefficient (Wildman–Crippen LogP) is 3.07. The van der Waals surface area contributed by atoms with Crippen LogP contribution in [0, 0.1) is 10.1 Å². The molecule has 0 amide bonds. The van der Waals surface area contributed by atoms with Gasteiger partial charge in [-0.05, 0) is 35.9 Å². The highest BCUT2D eigenvalue weighted by Gasteiger charge is 2.07. The number of nitrogens with zero attached hydrogens (tertiary/aromatic N) is 2. The maximum absolute atomic E-state index is 12.1. The van der Waals surface area contributed by atoms with Crippen molar-refractivity contribution in [3.8, 4) is 5.75 Å². The van der Waals surface area contributed by atoms with Crippen LogP contribution in [-0.2, 0) is 9.63 Å². The summed E-state index contributed by atoms with van der Waals surface area (Å²) < 4.78 is 28.3. The van der Waals surface area contributed by atoms with Gasteiger partial charge in [0.2, 0.25) is 0 Å². The van der Waals surface area contributed by atoms with Gasteiger partial charge in [0, 0.05) is 23.8 Å². The molecule has 0 aliphatic carbocycles. The van der Waals surface area contributed by atoms with Gasteiger partial charge in [0.05, 0.1) is 4.92 Å². The van der Waals surface area contributed by atoms with Crippen LogP contribution >= 0.6 is 0 Å². The number of amidine groups is 1. The molecule has 0 bridgehead atoms. The van der Waals surface area contributed by atoms with E-state index in [2.05, 4.69) is 14.7 Å². The molecule has 10 heteroatoms. The van der Waals surface area contributed by atoms with Crippen LogP contribution in [0.3, 0.4) is 0 Å². The molecule has 0 aliphatic rings. The number of alkyl halides is 2. The zero-order valence-corrected chi connectivity index (χ0v) is 13.6. The van der Waals surface area contributed by atoms with E-state index in [1.165, 1.54) is 54.6 Å². The Morgan fingerprint density at radius 2 is 1.78 bits per heavy atom. The van der Waals surface area contributed by atoms with Gasteiger partial charge in [-0.3, -0.25) is 10.1 Å². The van der Waals surface area contributed by atoms with E-state index < -0.39 is 17.5 Å². The van der Waals surface area contributed by atoms with Gasteiger partial charge in [-0.2, -0.15) is 8.78 Å². The van der Waals surface area contributed by atoms with Crippen LogP contribution in [0.2, 0.25) is 0 Å². The molecule has 0 fully saturated rings. The molecule has 0 aliphatic heterocycles. The fourth-order valence-corrected chi connectivity index (χ4v) is 1.86. The number of benzene rings is 2. The minimum Gasteiger partial charge on any atom is -0.435 e. The summed E-state index contributed by atoms with van der Waals surface area (Å²) in [7, 11) is 0. The van der Waals surface area contributed by atoms with Crippen molar-refractivity contribution < 1.29 is 28.1 Å². The minimum absolute atomic E-state index is 0.00908. The Morgan fingerprint density at radius 3 is 2.33 bits per heavy atom. The van der Waals surface area contributed by atoms with Crippen molar-refractivity contribution in [3.63, 3.8) is 0 Å². The summed E-state index contributed by atoms with van der Waals surface area (Å²) in [6.07, 6.45) is 2.45. The van der Waals surface area contributed by atoms with Crippen LogP contribution in [0.1, 0.15) is 11.1 Å². The first-order valence-corrected chi connectivity index (χ1v) is 7.37. The Kier molecular flexibility index (Phi) is 6.53. The summed E-state index contributed by atoms with van der Waals surface area (Å²) in [5.74, 6) is -0.974. The van der Waals surface area contributed by atoms with Crippen molar-refractivity contribution in [1.82, 2.24) is 0 Å². The second-order valence-electron chi connectivity index (χ2n) is 4.97. The van der Waals surface area contributed by atoms with E-state index in [-0.39, 0.29) is 17.3 Å². The second kappa shape index (κ2) is 9.04. The summed E-state index contributed by atoms with van der Waals surface area (Å²) in [6, 6.07) is 10.8. The third kappa shape index (κ3) is 6.20. The molecule has 0 saturated carbocycles. The number of nitrogens with two attached hydrogens (primary N) is 1. The molecule has 2 aromatic rings. The maximum atomic E-state index is 12.1. The predicted molar refractivity (Wildman–Crippen MR) is 92.0 cm³/mol. The number of hydrogen-bond donors (Lipinski definition) is 1. The molecule has 0 unspecified atom stereocenters. The molecule has 0 atom stereocenters. The van der Waals surface area contributed by atoms with Gasteiger partial charge in [-0.25, -0.2) is 4.79 Å². The molecule has 0 radical (unpaired) electrons. The van der Waals surface area contributed by atoms with Gasteiger partial charge in [0.1, 0.15) is 5.75 Å². The molecule has 2 rings (SSSR count). The quantitative estimate of drug-likeness (QED) is 0.198. The fourth-order valence-electron chi connectivity index (χ4n) is 1.86. The fraction of sp³-hybridized carbons (Fsp3) is 0.0588. The number of carbonyl (C=O) groups is 1. The monoisotopic (exact) mass is 377 g/mol. The molecule has 27 heavy (non-hydrogen) atoms. The van der Waals surface area contributed by atoms with Crippen LogP contribution < -0.4 is 10.5 Å². The van der Waals surface area contributed by atoms with Crippen LogP contribution in [0.15, 0.2) is 59.8 Å². The summed E-state index contributed by atoms with van der Waals surface area (Å²) in [5.41, 5.74) is 6.40. The number of carbonyl (C=O) groups excluding carboxylic acids is 1. The Bertz CT molecular complexity index is 865. The highest BCUT2D eigenvalue weighted by Crippen LogP contribution is 2.15. The van der Waals surface area contributed by atoms with Crippen molar-refractivity contribution in [1.29, 1.82) is 0 Å². The molecular weight excluding hydrogens is 364 g/mol. The lowest BCUT2D eigenvalue weighted by molar-refractivity contribution is -0.384. The topological polar surface area (TPSA) is 117 Å². The molecular formula is C17H13F2N3O5. The third-order valence-corrected chi connectivity index (χ3v) is 3.12. The summed E-state index contributed by atoms with van der Waals surface area (Å²) in [5, 5.41) is 14.0. The Labute approximate surface area is 151 Å². The first-order chi connectivity index (χ1) is 12.8. The molecule has 0 saturated heterocycles. The summed E-state index contributed by atoms with van der Waals surface area (Å²) in [6.45, 7) is -2.92. The number of hydrogen-bond acceptors (Lipinski definition) is 6. The average molecular weight is 377 g/mol. The zero-order chi connectivity index (χ0) is 19.8. The van der Waals surface area contributed by atoms with Crippen molar-refractivity contribution in [2.75, 3.05) is 0 Å². The number of rotatable bonds is 7. The maximum Gasteiger partial charge on any atom is 0.387 e. The van der Waals surface area contributed by atoms with Crippen LogP contribution in [0.5, 0.6) is 5.75 Å². The first kappa shape index (κ1) is 19.5. The normalized spacial score (nSPS) is 11.6. The number of nitro benzene ring substituents is 1. The van der Waals surface area contributed by atoms with E-state index in [9.17, 15) is 23.7 Å². The van der Waals surface area contributed by atoms with E-state index in [0.717, 1.165) is 6.08 Å². The minimum atomic E-state index is -2.92. The van der Waals surface area contributed by atoms with E-state index in [4.69, 9.17) is 5.73 Å². The highest BCUT2D eigenvalue weighted by molar-refractivity contribution is 5.98. The molecule has 2 aromatic carbocycles. The molecule has 0 heterocycles. The Morgan fingerprint density at radius 1 is 1.15 bits per heavy atom. The average Bonchev–Trinajstić information content (AvgIpc) is 2.65. The van der Waals surface area contributed by atoms with Crippen molar-refractivity contribution in [3.05, 3.63) is 75.8 Å². The van der Waals surface area contributed by atoms with E-state index in [0.29, 0.717) is 11.1 Å². The lowest BCUT2D eigenvalue weighted by Crippen LogP contribution is -2.14. The molecule has 0 aromatic heterocycles. The Hall–Kier alpha value is -3.82. The van der Waals surface area contributed by atoms with Gasteiger partial charge in [-0.15, -0.1) is 0 Å². The van der Waals surface area contributed by atoms with Gasteiger partial charge in [0.15, 0.2) is 5.84 Å². The molecule has 2 N–H and O–H groups in total. The molecule has 140 valence electrons. The number of halogens is 2.